The van der Waals surface area contributed by atoms with Crippen molar-refractivity contribution in [1.82, 2.24) is 18.7 Å². The lowest BCUT2D eigenvalue weighted by atomic mass is 9.99. The lowest BCUT2D eigenvalue weighted by Crippen LogP contribution is -2.01. The van der Waals surface area contributed by atoms with Crippen molar-refractivity contribution in [3.05, 3.63) is 83.6 Å². The Labute approximate surface area is 310 Å². The van der Waals surface area contributed by atoms with E-state index in [2.05, 4.69) is 48.9 Å². The fourth-order valence-electron chi connectivity index (χ4n) is 5.97. The summed E-state index contributed by atoms with van der Waals surface area (Å²) in [5.41, 5.74) is 8.42. The molecule has 0 aliphatic rings. The maximum Gasteiger partial charge on any atom is 0.165 e. The van der Waals surface area contributed by atoms with Crippen molar-refractivity contribution >= 4 is 56.5 Å². The van der Waals surface area contributed by atoms with E-state index >= 15 is 0 Å². The number of nitrogens with zero attached hydrogens (tertiary/aromatic N) is 4. The first kappa shape index (κ1) is 35.2. The fourth-order valence-corrected chi connectivity index (χ4v) is 8.07. The number of rotatable bonds is 18. The zero-order valence-corrected chi connectivity index (χ0v) is 31.3. The molecule has 8 nitrogen and oxygen atoms in total. The number of fused-ring (bicyclic) bond motifs is 2. The molecule has 51 heavy (non-hydrogen) atoms. The number of thiophene rings is 2. The van der Waals surface area contributed by atoms with Gasteiger partial charge in [-0.2, -0.15) is 18.5 Å². The highest BCUT2D eigenvalue weighted by Crippen LogP contribution is 2.45. The molecule has 0 N–H and O–H groups in total. The molecule has 0 bridgehead atoms. The summed E-state index contributed by atoms with van der Waals surface area (Å²) in [4.78, 5) is 35.4. The largest absolute Gasteiger partial charge is 0.338 e. The van der Waals surface area contributed by atoms with Crippen LogP contribution in [0.2, 0.25) is 0 Å². The Bertz CT molecular complexity index is 1980. The van der Waals surface area contributed by atoms with Crippen LogP contribution in [0.1, 0.15) is 65.2 Å². The van der Waals surface area contributed by atoms with Crippen molar-refractivity contribution in [2.75, 3.05) is 13.2 Å². The van der Waals surface area contributed by atoms with E-state index in [4.69, 9.17) is 38.3 Å². The predicted octanol–water partition coefficient (Wildman–Crippen LogP) is 12.2. The van der Waals surface area contributed by atoms with E-state index in [1.165, 1.54) is 37.4 Å². The molecular formula is C40H40N4O4S3. The average molecular weight is 737 g/mol. The van der Waals surface area contributed by atoms with E-state index in [9.17, 15) is 0 Å². The van der Waals surface area contributed by atoms with Crippen LogP contribution in [-0.4, -0.2) is 31.9 Å². The zero-order valence-electron chi connectivity index (χ0n) is 28.8. The molecule has 11 heteroatoms. The van der Waals surface area contributed by atoms with Gasteiger partial charge in [0.15, 0.2) is 11.5 Å². The third-order valence-corrected chi connectivity index (χ3v) is 10.9. The van der Waals surface area contributed by atoms with Crippen LogP contribution in [0.5, 0.6) is 11.5 Å². The Morgan fingerprint density at radius 1 is 0.510 bits per heavy atom. The molecule has 4 aromatic heterocycles. The molecule has 0 spiro atoms. The minimum Gasteiger partial charge on any atom is -0.338 e. The lowest BCUT2D eigenvalue weighted by molar-refractivity contribution is -0.207. The summed E-state index contributed by atoms with van der Waals surface area (Å²) in [5.74, 6) is 1.27. The Balaban J connectivity index is 1.32. The number of aromatic nitrogens is 4. The summed E-state index contributed by atoms with van der Waals surface area (Å²) in [5, 5.41) is 4.15. The molecule has 0 amide bonds. The summed E-state index contributed by atoms with van der Waals surface area (Å²) in [6.07, 6.45) is 8.97. The first-order valence-electron chi connectivity index (χ1n) is 17.6. The zero-order chi connectivity index (χ0) is 34.8. The van der Waals surface area contributed by atoms with Crippen LogP contribution in [0.3, 0.4) is 0 Å². The van der Waals surface area contributed by atoms with Crippen LogP contribution in [0.25, 0.3) is 65.5 Å². The third kappa shape index (κ3) is 8.13. The molecule has 7 rings (SSSR count). The summed E-state index contributed by atoms with van der Waals surface area (Å²) < 4.78 is 9.63. The quantitative estimate of drug-likeness (QED) is 0.0489. The normalized spacial score (nSPS) is 11.5. The van der Waals surface area contributed by atoms with E-state index in [1.807, 2.05) is 48.5 Å². The van der Waals surface area contributed by atoms with Crippen molar-refractivity contribution in [2.24, 2.45) is 0 Å². The number of unbranched alkanes of at least 4 members (excludes halogenated alkanes) is 6. The number of hydrogen-bond donors (Lipinski definition) is 0. The number of benzene rings is 3. The molecule has 0 aliphatic heterocycles. The highest BCUT2D eigenvalue weighted by Gasteiger charge is 2.25. The summed E-state index contributed by atoms with van der Waals surface area (Å²) >= 11 is 4.53. The summed E-state index contributed by atoms with van der Waals surface area (Å²) in [6.45, 7) is 5.51. The minimum absolute atomic E-state index is 0.559. The lowest BCUT2D eigenvalue weighted by Gasteiger charge is -2.16. The second-order valence-electron chi connectivity index (χ2n) is 12.3. The van der Waals surface area contributed by atoms with E-state index in [0.29, 0.717) is 24.7 Å². The Kier molecular flexibility index (Phi) is 11.9. The van der Waals surface area contributed by atoms with E-state index in [-0.39, 0.29) is 0 Å². The van der Waals surface area contributed by atoms with Crippen molar-refractivity contribution in [3.63, 3.8) is 0 Å². The second kappa shape index (κ2) is 17.3. The van der Waals surface area contributed by atoms with Crippen molar-refractivity contribution < 1.29 is 19.6 Å². The maximum atomic E-state index is 5.63. The molecule has 3 aromatic carbocycles. The van der Waals surface area contributed by atoms with E-state index in [0.717, 1.165) is 91.1 Å². The van der Waals surface area contributed by atoms with Crippen LogP contribution in [0, 0.1) is 0 Å². The topological polar surface area (TPSA) is 88.5 Å². The summed E-state index contributed by atoms with van der Waals surface area (Å²) in [7, 11) is 0. The molecule has 0 saturated heterocycles. The van der Waals surface area contributed by atoms with Gasteiger partial charge < -0.3 is 9.78 Å². The highest BCUT2D eigenvalue weighted by molar-refractivity contribution is 7.14. The smallest absolute Gasteiger partial charge is 0.165 e. The molecule has 0 unspecified atom stereocenters. The van der Waals surface area contributed by atoms with Gasteiger partial charge >= 0.3 is 0 Å². The first-order chi connectivity index (χ1) is 25.2. The van der Waals surface area contributed by atoms with Crippen LogP contribution >= 0.6 is 34.4 Å². The van der Waals surface area contributed by atoms with Gasteiger partial charge in [0.2, 0.25) is 0 Å². The molecule has 262 valence electrons. The summed E-state index contributed by atoms with van der Waals surface area (Å²) in [6, 6.07) is 24.0. The van der Waals surface area contributed by atoms with Gasteiger partial charge in [0.25, 0.3) is 0 Å². The van der Waals surface area contributed by atoms with Crippen molar-refractivity contribution in [1.29, 1.82) is 0 Å². The SMILES string of the molecule is CCCCCCOOc1ccc(-c2nc3c(-c4cccs4)c4nsnc4c(-c4cccs4)c3nc2-c2ccc(OOCCCCCC)cc2)cc1. The molecule has 7 aromatic rings. The molecule has 0 radical (unpaired) electrons. The fraction of sp³-hybridized carbons (Fsp3) is 0.300. The molecule has 0 atom stereocenters. The highest BCUT2D eigenvalue weighted by atomic mass is 32.1. The second-order valence-corrected chi connectivity index (χ2v) is 14.7. The van der Waals surface area contributed by atoms with Crippen LogP contribution in [0.15, 0.2) is 83.6 Å². The average Bonchev–Trinajstić information content (AvgIpc) is 3.98. The van der Waals surface area contributed by atoms with Crippen LogP contribution in [-0.2, 0) is 9.78 Å². The van der Waals surface area contributed by atoms with E-state index in [1.54, 1.807) is 22.7 Å². The van der Waals surface area contributed by atoms with Crippen LogP contribution < -0.4 is 9.78 Å². The standard InChI is InChI=1S/C40H40N4O4S3/c1-3-5-7-9-23-45-47-29-19-15-27(16-20-29)35-36(28-17-21-30(22-18-28)48-46-24-10-8-6-4-2)42-38-34(32-14-12-26-50-32)40-39(43-51-44-40)33(37(38)41-35)31-13-11-25-49-31/h11-22,25-26H,3-10,23-24H2,1-2H3. The maximum absolute atomic E-state index is 5.63. The predicted molar refractivity (Wildman–Crippen MR) is 209 cm³/mol. The van der Waals surface area contributed by atoms with Gasteiger partial charge in [-0.1, -0.05) is 64.5 Å². The monoisotopic (exact) mass is 736 g/mol. The Morgan fingerprint density at radius 3 is 1.35 bits per heavy atom. The number of hydrogen-bond acceptors (Lipinski definition) is 11. The third-order valence-electron chi connectivity index (χ3n) is 8.59. The van der Waals surface area contributed by atoms with Gasteiger partial charge in [0, 0.05) is 32.0 Å². The van der Waals surface area contributed by atoms with Gasteiger partial charge in [0.1, 0.15) is 22.1 Å². The van der Waals surface area contributed by atoms with Gasteiger partial charge in [-0.05, 0) is 84.3 Å². The molecule has 4 heterocycles. The van der Waals surface area contributed by atoms with Gasteiger partial charge in [0.05, 0.1) is 36.3 Å². The molecule has 0 saturated carbocycles. The van der Waals surface area contributed by atoms with E-state index < -0.39 is 0 Å². The van der Waals surface area contributed by atoms with Crippen molar-refractivity contribution in [3.8, 4) is 54.9 Å². The molecule has 0 fully saturated rings. The van der Waals surface area contributed by atoms with Crippen LogP contribution in [0.4, 0.5) is 0 Å². The molecular weight excluding hydrogens is 697 g/mol. The Morgan fingerprint density at radius 2 is 0.961 bits per heavy atom. The minimum atomic E-state index is 0.559. The van der Waals surface area contributed by atoms with Crippen molar-refractivity contribution in [2.45, 2.75) is 65.2 Å². The van der Waals surface area contributed by atoms with Gasteiger partial charge in [-0.15, -0.1) is 22.7 Å². The Hall–Kier alpha value is -4.26. The first-order valence-corrected chi connectivity index (χ1v) is 20.1. The molecule has 0 aliphatic carbocycles. The van der Waals surface area contributed by atoms with Gasteiger partial charge in [-0.25, -0.2) is 9.97 Å². The van der Waals surface area contributed by atoms with Gasteiger partial charge in [-0.3, -0.25) is 0 Å².